The Morgan fingerprint density at radius 2 is 1.81 bits per heavy atom. The minimum absolute atomic E-state index is 0.0391. The molecule has 0 saturated heterocycles. The number of thiophene rings is 1. The summed E-state index contributed by atoms with van der Waals surface area (Å²) in [7, 11) is 0. The monoisotopic (exact) mass is 368 g/mol. The lowest BCUT2D eigenvalue weighted by Gasteiger charge is -2.56. The van der Waals surface area contributed by atoms with Gasteiger partial charge in [-0.3, -0.25) is 9.97 Å². The number of aromatic nitrogens is 2. The van der Waals surface area contributed by atoms with E-state index >= 15 is 0 Å². The fraction of sp³-hybridized carbons (Fsp3) is 0.550. The average Bonchev–Trinajstić information content (AvgIpc) is 3.13. The van der Waals surface area contributed by atoms with Crippen molar-refractivity contribution in [1.82, 2.24) is 20.6 Å². The van der Waals surface area contributed by atoms with Crippen molar-refractivity contribution in [3.05, 3.63) is 34.9 Å². The van der Waals surface area contributed by atoms with E-state index in [4.69, 9.17) is 0 Å². The van der Waals surface area contributed by atoms with Gasteiger partial charge in [0.1, 0.15) is 0 Å². The van der Waals surface area contributed by atoms with Crippen molar-refractivity contribution in [1.29, 1.82) is 0 Å². The van der Waals surface area contributed by atoms with E-state index in [1.54, 1.807) is 23.7 Å². The lowest BCUT2D eigenvalue weighted by molar-refractivity contribution is -0.0135. The maximum atomic E-state index is 12.6. The highest BCUT2D eigenvalue weighted by atomic mass is 32.1. The van der Waals surface area contributed by atoms with Crippen LogP contribution in [0.2, 0.25) is 0 Å². The van der Waals surface area contributed by atoms with Gasteiger partial charge in [-0.15, -0.1) is 0 Å². The number of carbonyl (C=O) groups is 1. The van der Waals surface area contributed by atoms with Crippen molar-refractivity contribution in [2.75, 3.05) is 0 Å². The third-order valence-electron chi connectivity index (χ3n) is 6.40. The molecule has 0 spiro atoms. The molecule has 6 heteroatoms. The molecule has 26 heavy (non-hydrogen) atoms. The number of nitrogens with one attached hydrogen (secondary N) is 2. The molecule has 4 saturated carbocycles. The van der Waals surface area contributed by atoms with Gasteiger partial charge in [-0.05, 0) is 67.7 Å². The van der Waals surface area contributed by atoms with Crippen LogP contribution in [0.3, 0.4) is 0 Å². The van der Waals surface area contributed by atoms with Gasteiger partial charge < -0.3 is 10.6 Å². The van der Waals surface area contributed by atoms with Gasteiger partial charge in [0.05, 0.1) is 17.9 Å². The van der Waals surface area contributed by atoms with Crippen LogP contribution in [0.5, 0.6) is 0 Å². The molecule has 6 rings (SSSR count). The lowest BCUT2D eigenvalue weighted by atomic mass is 9.53. The molecule has 4 bridgehead atoms. The van der Waals surface area contributed by atoms with Gasteiger partial charge in [0, 0.05) is 28.9 Å². The van der Waals surface area contributed by atoms with Crippen molar-refractivity contribution in [3.8, 4) is 11.3 Å². The number of hydrogen-bond donors (Lipinski definition) is 2. The SMILES string of the molecule is O=C(NCc1nccnc1-c1ccsc1)NC12CC3CC(CC(C3)C1)C2. The van der Waals surface area contributed by atoms with Crippen molar-refractivity contribution in [3.63, 3.8) is 0 Å². The Bertz CT molecular complexity index is 769. The van der Waals surface area contributed by atoms with E-state index in [0.717, 1.165) is 34.7 Å². The average molecular weight is 369 g/mol. The molecule has 2 N–H and O–H groups in total. The zero-order valence-corrected chi connectivity index (χ0v) is 15.6. The molecule has 136 valence electrons. The third kappa shape index (κ3) is 3.00. The summed E-state index contributed by atoms with van der Waals surface area (Å²) in [5, 5.41) is 10.5. The van der Waals surface area contributed by atoms with Gasteiger partial charge in [0.25, 0.3) is 0 Å². The molecule has 4 aliphatic carbocycles. The first-order chi connectivity index (χ1) is 12.7. The van der Waals surface area contributed by atoms with Crippen LogP contribution in [0.15, 0.2) is 29.2 Å². The van der Waals surface area contributed by atoms with Gasteiger partial charge >= 0.3 is 6.03 Å². The molecule has 0 aliphatic heterocycles. The van der Waals surface area contributed by atoms with E-state index in [1.807, 2.05) is 11.4 Å². The Morgan fingerprint density at radius 3 is 2.46 bits per heavy atom. The number of rotatable bonds is 4. The first-order valence-corrected chi connectivity index (χ1v) is 10.5. The second-order valence-electron chi connectivity index (χ2n) is 8.37. The van der Waals surface area contributed by atoms with Gasteiger partial charge in [0.15, 0.2) is 0 Å². The number of carbonyl (C=O) groups excluding carboxylic acids is 1. The van der Waals surface area contributed by atoms with Gasteiger partial charge in [-0.1, -0.05) is 0 Å². The van der Waals surface area contributed by atoms with Crippen LogP contribution in [0.4, 0.5) is 4.79 Å². The second-order valence-corrected chi connectivity index (χ2v) is 9.15. The Morgan fingerprint density at radius 1 is 1.12 bits per heavy atom. The number of nitrogens with zero attached hydrogens (tertiary/aromatic N) is 2. The van der Waals surface area contributed by atoms with Crippen LogP contribution in [-0.2, 0) is 6.54 Å². The van der Waals surface area contributed by atoms with Crippen LogP contribution in [0.1, 0.15) is 44.2 Å². The van der Waals surface area contributed by atoms with Crippen molar-refractivity contribution < 1.29 is 4.79 Å². The normalized spacial score (nSPS) is 31.8. The molecule has 0 unspecified atom stereocenters. The molecule has 2 aromatic heterocycles. The van der Waals surface area contributed by atoms with E-state index in [2.05, 4.69) is 26.0 Å². The summed E-state index contributed by atoms with van der Waals surface area (Å²) in [4.78, 5) is 21.5. The maximum Gasteiger partial charge on any atom is 0.315 e. The standard InChI is InChI=1S/C20H24N4OS/c25-19(24-20-8-13-5-14(9-20)7-15(6-13)10-20)23-11-17-18(22-3-2-21-17)16-1-4-26-12-16/h1-4,12-15H,5-11H2,(H2,23,24,25). The van der Waals surface area contributed by atoms with Gasteiger partial charge in [0.2, 0.25) is 0 Å². The molecule has 5 nitrogen and oxygen atoms in total. The van der Waals surface area contributed by atoms with Crippen LogP contribution < -0.4 is 10.6 Å². The fourth-order valence-corrected chi connectivity index (χ4v) is 6.49. The quantitative estimate of drug-likeness (QED) is 0.858. The molecular weight excluding hydrogens is 344 g/mol. The Hall–Kier alpha value is -1.95. The highest BCUT2D eigenvalue weighted by Gasteiger charge is 2.51. The van der Waals surface area contributed by atoms with Gasteiger partial charge in [-0.25, -0.2) is 4.79 Å². The number of hydrogen-bond acceptors (Lipinski definition) is 4. The topological polar surface area (TPSA) is 66.9 Å². The third-order valence-corrected chi connectivity index (χ3v) is 7.09. The van der Waals surface area contributed by atoms with E-state index < -0.39 is 0 Å². The fourth-order valence-electron chi connectivity index (χ4n) is 5.85. The lowest BCUT2D eigenvalue weighted by Crippen LogP contribution is -2.61. The molecule has 4 aliphatic rings. The van der Waals surface area contributed by atoms with E-state index in [9.17, 15) is 4.79 Å². The minimum atomic E-state index is -0.0612. The highest BCUT2D eigenvalue weighted by molar-refractivity contribution is 7.08. The summed E-state index contributed by atoms with van der Waals surface area (Å²) in [6.07, 6.45) is 11.0. The largest absolute Gasteiger partial charge is 0.333 e. The molecule has 2 heterocycles. The zero-order chi connectivity index (χ0) is 17.6. The van der Waals surface area contributed by atoms with E-state index in [-0.39, 0.29) is 11.6 Å². The van der Waals surface area contributed by atoms with E-state index in [0.29, 0.717) is 6.54 Å². The second kappa shape index (κ2) is 6.34. The summed E-state index contributed by atoms with van der Waals surface area (Å²) in [5.74, 6) is 2.48. The molecule has 4 fully saturated rings. The molecule has 0 atom stereocenters. The van der Waals surface area contributed by atoms with Crippen LogP contribution in [0, 0.1) is 17.8 Å². The first-order valence-electron chi connectivity index (χ1n) is 9.58. The van der Waals surface area contributed by atoms with Crippen molar-refractivity contribution in [2.24, 2.45) is 17.8 Å². The molecular formula is C20H24N4OS. The van der Waals surface area contributed by atoms with Crippen molar-refractivity contribution >= 4 is 17.4 Å². The van der Waals surface area contributed by atoms with Crippen LogP contribution in [-0.4, -0.2) is 21.5 Å². The maximum absolute atomic E-state index is 12.6. The predicted molar refractivity (Wildman–Crippen MR) is 102 cm³/mol. The highest BCUT2D eigenvalue weighted by Crippen LogP contribution is 2.55. The van der Waals surface area contributed by atoms with Crippen LogP contribution >= 0.6 is 11.3 Å². The Labute approximate surface area is 157 Å². The number of urea groups is 1. The summed E-state index contributed by atoms with van der Waals surface area (Å²) >= 11 is 1.64. The number of amides is 2. The zero-order valence-electron chi connectivity index (χ0n) is 14.8. The predicted octanol–water partition coefficient (Wildman–Crippen LogP) is 3.97. The summed E-state index contributed by atoms with van der Waals surface area (Å²) < 4.78 is 0. The van der Waals surface area contributed by atoms with Crippen LogP contribution in [0.25, 0.3) is 11.3 Å². The van der Waals surface area contributed by atoms with E-state index in [1.165, 1.54) is 38.5 Å². The summed E-state index contributed by atoms with van der Waals surface area (Å²) in [6.45, 7) is 0.400. The smallest absolute Gasteiger partial charge is 0.315 e. The molecule has 2 aromatic rings. The molecule has 0 aromatic carbocycles. The van der Waals surface area contributed by atoms with Crippen molar-refractivity contribution in [2.45, 2.75) is 50.6 Å². The Balaban J connectivity index is 1.25. The molecule has 2 amide bonds. The summed E-state index contributed by atoms with van der Waals surface area (Å²) in [5.41, 5.74) is 2.76. The molecule has 0 radical (unpaired) electrons. The summed E-state index contributed by atoms with van der Waals surface area (Å²) in [6, 6.07) is 1.97. The van der Waals surface area contributed by atoms with Gasteiger partial charge in [-0.2, -0.15) is 11.3 Å². The first kappa shape index (κ1) is 16.2. The minimum Gasteiger partial charge on any atom is -0.333 e. The Kier molecular flexibility index (Phi) is 3.96.